The van der Waals surface area contributed by atoms with Crippen molar-refractivity contribution in [1.29, 1.82) is 0 Å². The van der Waals surface area contributed by atoms with Crippen LogP contribution in [0.15, 0.2) is 23.2 Å². The van der Waals surface area contributed by atoms with Crippen LogP contribution in [0.5, 0.6) is 0 Å². The monoisotopic (exact) mass is 180 g/mol. The third-order valence-electron chi connectivity index (χ3n) is 2.82. The number of hydrogen-bond donors (Lipinski definition) is 0. The maximum absolute atomic E-state index is 5.62. The Morgan fingerprint density at radius 2 is 2.15 bits per heavy atom. The summed E-state index contributed by atoms with van der Waals surface area (Å²) in [5, 5.41) is 0. The third-order valence-corrected chi connectivity index (χ3v) is 2.82. The fourth-order valence-electron chi connectivity index (χ4n) is 1.80. The summed E-state index contributed by atoms with van der Waals surface area (Å²) in [5.74, 6) is 2.62. The number of ether oxygens (including phenoxy) is 2. The molecule has 0 saturated carbocycles. The third kappa shape index (κ3) is 1.45. The molecule has 0 radical (unpaired) electrons. The first-order chi connectivity index (χ1) is 6.33. The predicted molar refractivity (Wildman–Crippen MR) is 51.1 cm³/mol. The fourth-order valence-corrected chi connectivity index (χ4v) is 1.80. The van der Waals surface area contributed by atoms with Crippen molar-refractivity contribution in [3.63, 3.8) is 0 Å². The maximum Gasteiger partial charge on any atom is 0.160 e. The lowest BCUT2D eigenvalue weighted by molar-refractivity contribution is 0.0592. The first-order valence-corrected chi connectivity index (χ1v) is 5.02. The molecule has 2 aliphatic rings. The van der Waals surface area contributed by atoms with E-state index in [1.807, 2.05) is 0 Å². The van der Waals surface area contributed by atoms with Gasteiger partial charge in [0.05, 0.1) is 0 Å². The van der Waals surface area contributed by atoms with Gasteiger partial charge in [-0.05, 0) is 30.4 Å². The molecule has 1 atom stereocenters. The number of fused-ring (bicyclic) bond motifs is 1. The summed E-state index contributed by atoms with van der Waals surface area (Å²) >= 11 is 0. The molecule has 0 aromatic carbocycles. The van der Waals surface area contributed by atoms with Gasteiger partial charge in [0.2, 0.25) is 0 Å². The summed E-state index contributed by atoms with van der Waals surface area (Å²) in [4.78, 5) is 0. The molecule has 1 fully saturated rings. The summed E-state index contributed by atoms with van der Waals surface area (Å²) in [6, 6.07) is 0. The van der Waals surface area contributed by atoms with Gasteiger partial charge in [0, 0.05) is 0 Å². The minimum atomic E-state index is 0.616. The number of rotatable bonds is 2. The van der Waals surface area contributed by atoms with Crippen molar-refractivity contribution in [3.8, 4) is 0 Å². The normalized spacial score (nSPS) is 23.1. The van der Waals surface area contributed by atoms with Gasteiger partial charge in [0.15, 0.2) is 11.5 Å². The lowest BCUT2D eigenvalue weighted by Crippen LogP contribution is -2.14. The van der Waals surface area contributed by atoms with Gasteiger partial charge in [-0.25, -0.2) is 0 Å². The molecule has 1 heterocycles. The van der Waals surface area contributed by atoms with Crippen LogP contribution in [0.4, 0.5) is 0 Å². The molecule has 1 saturated heterocycles. The first-order valence-electron chi connectivity index (χ1n) is 5.02. The first kappa shape index (κ1) is 8.67. The van der Waals surface area contributed by atoms with Crippen molar-refractivity contribution in [3.05, 3.63) is 23.2 Å². The molecule has 0 bridgehead atoms. The summed E-state index contributed by atoms with van der Waals surface area (Å²) in [6.45, 7) is 5.85. The molecule has 0 amide bonds. The Bertz CT molecular complexity index is 263. The van der Waals surface area contributed by atoms with E-state index in [-0.39, 0.29) is 0 Å². The lowest BCUT2D eigenvalue weighted by atomic mass is 9.97. The highest BCUT2D eigenvalue weighted by molar-refractivity contribution is 5.36. The zero-order valence-corrected chi connectivity index (χ0v) is 8.30. The Morgan fingerprint density at radius 1 is 1.38 bits per heavy atom. The zero-order valence-electron chi connectivity index (χ0n) is 8.30. The van der Waals surface area contributed by atoms with Gasteiger partial charge >= 0.3 is 0 Å². The van der Waals surface area contributed by atoms with Crippen LogP contribution in [0.1, 0.15) is 26.7 Å². The van der Waals surface area contributed by atoms with E-state index >= 15 is 0 Å². The SMILES string of the molecule is CCC(C)C1=C2OCCOC2=CC1. The van der Waals surface area contributed by atoms with Gasteiger partial charge in [0.25, 0.3) is 0 Å². The molecule has 2 rings (SSSR count). The van der Waals surface area contributed by atoms with Crippen LogP contribution in [-0.4, -0.2) is 13.2 Å². The minimum Gasteiger partial charge on any atom is -0.486 e. The standard InChI is InChI=1S/C11H16O2/c1-3-8(2)9-4-5-10-11(9)13-7-6-12-10/h5,8H,3-4,6-7H2,1-2H3. The highest BCUT2D eigenvalue weighted by atomic mass is 16.6. The largest absolute Gasteiger partial charge is 0.486 e. The van der Waals surface area contributed by atoms with Crippen LogP contribution in [0.25, 0.3) is 0 Å². The van der Waals surface area contributed by atoms with Crippen molar-refractivity contribution in [2.45, 2.75) is 26.7 Å². The summed E-state index contributed by atoms with van der Waals surface area (Å²) in [7, 11) is 0. The predicted octanol–water partition coefficient (Wildman–Crippen LogP) is 2.62. The Morgan fingerprint density at radius 3 is 2.92 bits per heavy atom. The second-order valence-electron chi connectivity index (χ2n) is 3.63. The van der Waals surface area contributed by atoms with Crippen molar-refractivity contribution in [2.75, 3.05) is 13.2 Å². The maximum atomic E-state index is 5.62. The molecule has 1 unspecified atom stereocenters. The van der Waals surface area contributed by atoms with Crippen LogP contribution in [0.2, 0.25) is 0 Å². The highest BCUT2D eigenvalue weighted by Gasteiger charge is 2.26. The summed E-state index contributed by atoms with van der Waals surface area (Å²) in [6.07, 6.45) is 4.32. The van der Waals surface area contributed by atoms with E-state index in [9.17, 15) is 0 Å². The van der Waals surface area contributed by atoms with Crippen LogP contribution < -0.4 is 0 Å². The Balaban J connectivity index is 2.20. The Hall–Kier alpha value is -0.920. The van der Waals surface area contributed by atoms with Crippen molar-refractivity contribution in [1.82, 2.24) is 0 Å². The molecule has 1 aliphatic heterocycles. The molecular formula is C11H16O2. The molecule has 2 nitrogen and oxygen atoms in total. The summed E-state index contributed by atoms with van der Waals surface area (Å²) < 4.78 is 11.1. The highest BCUT2D eigenvalue weighted by Crippen LogP contribution is 2.35. The van der Waals surface area contributed by atoms with Gasteiger partial charge in [-0.15, -0.1) is 0 Å². The Kier molecular flexibility index (Phi) is 2.30. The second kappa shape index (κ2) is 3.44. The van der Waals surface area contributed by atoms with Crippen molar-refractivity contribution in [2.24, 2.45) is 5.92 Å². The average Bonchev–Trinajstić information content (AvgIpc) is 2.60. The lowest BCUT2D eigenvalue weighted by Gasteiger charge is -2.21. The molecule has 13 heavy (non-hydrogen) atoms. The van der Waals surface area contributed by atoms with E-state index in [0.29, 0.717) is 19.1 Å². The molecule has 0 aromatic heterocycles. The zero-order chi connectivity index (χ0) is 9.26. The second-order valence-corrected chi connectivity index (χ2v) is 3.63. The molecular weight excluding hydrogens is 164 g/mol. The van der Waals surface area contributed by atoms with E-state index in [2.05, 4.69) is 19.9 Å². The van der Waals surface area contributed by atoms with Gasteiger partial charge in [-0.2, -0.15) is 0 Å². The van der Waals surface area contributed by atoms with Gasteiger partial charge in [-0.3, -0.25) is 0 Å². The average molecular weight is 180 g/mol. The minimum absolute atomic E-state index is 0.616. The quantitative estimate of drug-likeness (QED) is 0.650. The van der Waals surface area contributed by atoms with Gasteiger partial charge < -0.3 is 9.47 Å². The molecule has 0 N–H and O–H groups in total. The van der Waals surface area contributed by atoms with E-state index in [1.54, 1.807) is 0 Å². The van der Waals surface area contributed by atoms with Crippen LogP contribution in [-0.2, 0) is 9.47 Å². The van der Waals surface area contributed by atoms with Crippen molar-refractivity contribution >= 4 is 0 Å². The van der Waals surface area contributed by atoms with Crippen LogP contribution in [0, 0.1) is 5.92 Å². The van der Waals surface area contributed by atoms with Crippen molar-refractivity contribution < 1.29 is 9.47 Å². The molecule has 72 valence electrons. The number of hydrogen-bond acceptors (Lipinski definition) is 2. The van der Waals surface area contributed by atoms with Crippen LogP contribution in [0.3, 0.4) is 0 Å². The van der Waals surface area contributed by atoms with E-state index in [0.717, 1.165) is 17.9 Å². The van der Waals surface area contributed by atoms with E-state index < -0.39 is 0 Å². The van der Waals surface area contributed by atoms with Crippen LogP contribution >= 0.6 is 0 Å². The topological polar surface area (TPSA) is 18.5 Å². The fraction of sp³-hybridized carbons (Fsp3) is 0.636. The smallest absolute Gasteiger partial charge is 0.160 e. The summed E-state index contributed by atoms with van der Waals surface area (Å²) in [5.41, 5.74) is 1.41. The molecule has 1 aliphatic carbocycles. The van der Waals surface area contributed by atoms with E-state index in [1.165, 1.54) is 12.0 Å². The van der Waals surface area contributed by atoms with Gasteiger partial charge in [-0.1, -0.05) is 13.8 Å². The molecule has 2 heteroatoms. The molecule has 0 aromatic rings. The Labute approximate surface area is 79.2 Å². The van der Waals surface area contributed by atoms with Gasteiger partial charge in [0.1, 0.15) is 13.2 Å². The van der Waals surface area contributed by atoms with E-state index in [4.69, 9.17) is 9.47 Å². The molecule has 0 spiro atoms. The number of allylic oxidation sites excluding steroid dienone is 2.